The number of hydrogen-bond donors (Lipinski definition) is 0. The molecule has 0 aromatic heterocycles. The second kappa shape index (κ2) is 8.72. The second-order valence-corrected chi connectivity index (χ2v) is 6.57. The molecule has 1 fully saturated rings. The van der Waals surface area contributed by atoms with Crippen LogP contribution in [0.1, 0.15) is 22.3 Å². The van der Waals surface area contributed by atoms with Crippen molar-refractivity contribution in [2.24, 2.45) is 0 Å². The summed E-state index contributed by atoms with van der Waals surface area (Å²) in [6.45, 7) is 2.96. The number of nitrogens with zero attached hydrogens (tertiary/aromatic N) is 2. The van der Waals surface area contributed by atoms with E-state index in [4.69, 9.17) is 0 Å². The largest absolute Gasteiger partial charge is 0.340 e. The predicted molar refractivity (Wildman–Crippen MR) is 98.5 cm³/mol. The first kappa shape index (κ1) is 18.3. The van der Waals surface area contributed by atoms with Gasteiger partial charge in [0.1, 0.15) is 5.82 Å². The van der Waals surface area contributed by atoms with Crippen LogP contribution in [-0.2, 0) is 11.2 Å². The smallest absolute Gasteiger partial charge is 0.222 e. The summed E-state index contributed by atoms with van der Waals surface area (Å²) in [6, 6.07) is 15.6. The quantitative estimate of drug-likeness (QED) is 0.749. The van der Waals surface area contributed by atoms with Crippen LogP contribution in [0.3, 0.4) is 0 Å². The normalized spacial score (nSPS) is 15.0. The summed E-state index contributed by atoms with van der Waals surface area (Å²) in [5, 5.41) is 0. The van der Waals surface area contributed by atoms with Gasteiger partial charge in [0.2, 0.25) is 5.91 Å². The molecule has 0 saturated carbocycles. The molecule has 0 atom stereocenters. The molecule has 0 radical (unpaired) electrons. The molecule has 136 valence electrons. The summed E-state index contributed by atoms with van der Waals surface area (Å²) in [4.78, 5) is 28.5. The van der Waals surface area contributed by atoms with Gasteiger partial charge in [-0.25, -0.2) is 4.39 Å². The van der Waals surface area contributed by atoms with E-state index in [1.54, 1.807) is 0 Å². The lowest BCUT2D eigenvalue weighted by Gasteiger charge is -2.34. The van der Waals surface area contributed by atoms with Crippen LogP contribution in [0, 0.1) is 5.82 Å². The lowest BCUT2D eigenvalue weighted by atomic mass is 10.1. The Labute approximate surface area is 153 Å². The molecule has 1 saturated heterocycles. The van der Waals surface area contributed by atoms with Gasteiger partial charge in [-0.15, -0.1) is 0 Å². The number of ketones is 1. The lowest BCUT2D eigenvalue weighted by Crippen LogP contribution is -2.49. The number of benzene rings is 2. The Hall–Kier alpha value is -2.53. The summed E-state index contributed by atoms with van der Waals surface area (Å²) < 4.78 is 12.9. The Balaban J connectivity index is 1.42. The third-order valence-corrected chi connectivity index (χ3v) is 4.73. The monoisotopic (exact) mass is 354 g/mol. The number of Topliss-reactive ketones (excluding diaryl/α,β-unsaturated/α-hetero) is 1. The summed E-state index contributed by atoms with van der Waals surface area (Å²) in [5.74, 6) is -0.198. The minimum Gasteiger partial charge on any atom is -0.340 e. The minimum atomic E-state index is -0.343. The maximum absolute atomic E-state index is 12.9. The van der Waals surface area contributed by atoms with Gasteiger partial charge in [0.15, 0.2) is 5.78 Å². The standard InChI is InChI=1S/C21H23FN2O2/c22-19-9-7-18(8-10-19)20(25)16-23-12-14-24(15-13-23)21(26)11-6-17-4-2-1-3-5-17/h1-5,7-10H,6,11-16H2. The second-order valence-electron chi connectivity index (χ2n) is 6.57. The van der Waals surface area contributed by atoms with Crippen molar-refractivity contribution in [3.8, 4) is 0 Å². The number of carbonyl (C=O) groups is 2. The molecule has 2 aromatic carbocycles. The van der Waals surface area contributed by atoms with Crippen molar-refractivity contribution in [3.05, 3.63) is 71.5 Å². The van der Waals surface area contributed by atoms with E-state index < -0.39 is 0 Å². The number of halogens is 1. The van der Waals surface area contributed by atoms with Gasteiger partial charge in [0.25, 0.3) is 0 Å². The molecule has 0 spiro atoms. The fraction of sp³-hybridized carbons (Fsp3) is 0.333. The molecule has 1 amide bonds. The highest BCUT2D eigenvalue weighted by molar-refractivity contribution is 5.97. The maximum atomic E-state index is 12.9. The number of hydrogen-bond acceptors (Lipinski definition) is 3. The van der Waals surface area contributed by atoms with Crippen LogP contribution in [0.25, 0.3) is 0 Å². The SMILES string of the molecule is O=C(CN1CCN(C(=O)CCc2ccccc2)CC1)c1ccc(F)cc1. The van der Waals surface area contributed by atoms with E-state index in [0.717, 1.165) is 6.42 Å². The fourth-order valence-corrected chi connectivity index (χ4v) is 3.14. The highest BCUT2D eigenvalue weighted by atomic mass is 19.1. The van der Waals surface area contributed by atoms with Gasteiger partial charge in [0, 0.05) is 38.2 Å². The summed E-state index contributed by atoms with van der Waals surface area (Å²) in [5.41, 5.74) is 1.69. The van der Waals surface area contributed by atoms with E-state index in [1.807, 2.05) is 40.1 Å². The third-order valence-electron chi connectivity index (χ3n) is 4.73. The van der Waals surface area contributed by atoms with Gasteiger partial charge in [-0.3, -0.25) is 14.5 Å². The van der Waals surface area contributed by atoms with Crippen LogP contribution >= 0.6 is 0 Å². The Bertz CT molecular complexity index is 738. The number of aryl methyl sites for hydroxylation is 1. The van der Waals surface area contributed by atoms with Crippen molar-refractivity contribution in [2.45, 2.75) is 12.8 Å². The molecule has 1 heterocycles. The van der Waals surface area contributed by atoms with Crippen molar-refractivity contribution in [2.75, 3.05) is 32.7 Å². The zero-order valence-corrected chi connectivity index (χ0v) is 14.7. The predicted octanol–water partition coefficient (Wildman–Crippen LogP) is 2.79. The first-order valence-corrected chi connectivity index (χ1v) is 8.94. The number of piperazine rings is 1. The first-order chi connectivity index (χ1) is 12.6. The highest BCUT2D eigenvalue weighted by Gasteiger charge is 2.22. The van der Waals surface area contributed by atoms with Gasteiger partial charge in [-0.2, -0.15) is 0 Å². The van der Waals surface area contributed by atoms with Crippen LogP contribution in [-0.4, -0.2) is 54.2 Å². The summed E-state index contributed by atoms with van der Waals surface area (Å²) in [7, 11) is 0. The van der Waals surface area contributed by atoms with Crippen molar-refractivity contribution in [3.63, 3.8) is 0 Å². The van der Waals surface area contributed by atoms with Crippen molar-refractivity contribution in [1.29, 1.82) is 0 Å². The zero-order chi connectivity index (χ0) is 18.4. The Morgan fingerprint density at radius 3 is 2.19 bits per heavy atom. The highest BCUT2D eigenvalue weighted by Crippen LogP contribution is 2.10. The zero-order valence-electron chi connectivity index (χ0n) is 14.7. The molecular formula is C21H23FN2O2. The van der Waals surface area contributed by atoms with Gasteiger partial charge < -0.3 is 4.90 Å². The van der Waals surface area contributed by atoms with Gasteiger partial charge in [0.05, 0.1) is 6.54 Å². The summed E-state index contributed by atoms with van der Waals surface area (Å²) >= 11 is 0. The molecule has 26 heavy (non-hydrogen) atoms. The average Bonchev–Trinajstić information content (AvgIpc) is 2.68. The van der Waals surface area contributed by atoms with Crippen LogP contribution in [0.2, 0.25) is 0 Å². The third kappa shape index (κ3) is 4.99. The van der Waals surface area contributed by atoms with Crippen molar-refractivity contribution in [1.82, 2.24) is 9.80 Å². The molecule has 4 nitrogen and oxygen atoms in total. The topological polar surface area (TPSA) is 40.6 Å². The Morgan fingerprint density at radius 2 is 1.54 bits per heavy atom. The van der Waals surface area contributed by atoms with Crippen LogP contribution in [0.5, 0.6) is 0 Å². The number of rotatable bonds is 6. The minimum absolute atomic E-state index is 0.0196. The van der Waals surface area contributed by atoms with Crippen LogP contribution in [0.4, 0.5) is 4.39 Å². The first-order valence-electron chi connectivity index (χ1n) is 8.94. The molecule has 0 aliphatic carbocycles. The number of carbonyl (C=O) groups excluding carboxylic acids is 2. The molecule has 2 aromatic rings. The Morgan fingerprint density at radius 1 is 0.885 bits per heavy atom. The van der Waals surface area contributed by atoms with E-state index in [-0.39, 0.29) is 17.5 Å². The van der Waals surface area contributed by atoms with E-state index in [1.165, 1.54) is 29.8 Å². The molecule has 5 heteroatoms. The average molecular weight is 354 g/mol. The summed E-state index contributed by atoms with van der Waals surface area (Å²) in [6.07, 6.45) is 1.27. The van der Waals surface area contributed by atoms with Gasteiger partial charge in [-0.05, 0) is 36.2 Å². The van der Waals surface area contributed by atoms with E-state index in [0.29, 0.717) is 44.7 Å². The van der Waals surface area contributed by atoms with Crippen molar-refractivity contribution >= 4 is 11.7 Å². The maximum Gasteiger partial charge on any atom is 0.222 e. The fourth-order valence-electron chi connectivity index (χ4n) is 3.14. The molecule has 3 rings (SSSR count). The molecule has 1 aliphatic heterocycles. The van der Waals surface area contributed by atoms with Gasteiger partial charge in [-0.1, -0.05) is 30.3 Å². The molecular weight excluding hydrogens is 331 g/mol. The Kier molecular flexibility index (Phi) is 6.12. The van der Waals surface area contributed by atoms with E-state index >= 15 is 0 Å². The molecule has 0 bridgehead atoms. The van der Waals surface area contributed by atoms with Crippen LogP contribution in [0.15, 0.2) is 54.6 Å². The van der Waals surface area contributed by atoms with Crippen LogP contribution < -0.4 is 0 Å². The molecule has 1 aliphatic rings. The molecule has 0 N–H and O–H groups in total. The molecule has 0 unspecified atom stereocenters. The van der Waals surface area contributed by atoms with E-state index in [9.17, 15) is 14.0 Å². The lowest BCUT2D eigenvalue weighted by molar-refractivity contribution is -0.132. The van der Waals surface area contributed by atoms with Crippen molar-refractivity contribution < 1.29 is 14.0 Å². The van der Waals surface area contributed by atoms with E-state index in [2.05, 4.69) is 0 Å². The number of amides is 1. The van der Waals surface area contributed by atoms with Gasteiger partial charge >= 0.3 is 0 Å².